The predicted octanol–water partition coefficient (Wildman–Crippen LogP) is 2.02. The second kappa shape index (κ2) is 8.75. The molecule has 1 aromatic heterocycles. The number of imide groups is 1. The van der Waals surface area contributed by atoms with Crippen molar-refractivity contribution in [3.8, 4) is 11.5 Å². The number of amides is 3. The van der Waals surface area contributed by atoms with Crippen LogP contribution >= 0.6 is 0 Å². The Morgan fingerprint density at radius 3 is 2.33 bits per heavy atom. The van der Waals surface area contributed by atoms with Crippen molar-refractivity contribution in [1.29, 1.82) is 0 Å². The SMILES string of the molecule is COc1ccc([C@H](O)c2nc(N=C3NC(=O)N(C)C3=O)n(C)c2Cc2ccc(O)cc2)cc1. The van der Waals surface area contributed by atoms with Gasteiger partial charge in [0.05, 0.1) is 12.8 Å². The van der Waals surface area contributed by atoms with E-state index in [4.69, 9.17) is 4.74 Å². The first kappa shape index (κ1) is 22.0. The molecular weight excluding hydrogens is 426 g/mol. The number of nitrogens with one attached hydrogen (secondary N) is 1. The van der Waals surface area contributed by atoms with Gasteiger partial charge < -0.3 is 19.5 Å². The zero-order valence-electron chi connectivity index (χ0n) is 18.3. The van der Waals surface area contributed by atoms with Crippen LogP contribution in [0.5, 0.6) is 11.5 Å². The number of ether oxygens (including phenoxy) is 1. The lowest BCUT2D eigenvalue weighted by Crippen LogP contribution is -2.25. The minimum absolute atomic E-state index is 0.141. The molecule has 1 fully saturated rings. The molecule has 1 aliphatic heterocycles. The van der Waals surface area contributed by atoms with Crippen molar-refractivity contribution < 1.29 is 24.5 Å². The molecule has 170 valence electrons. The summed E-state index contributed by atoms with van der Waals surface area (Å²) in [7, 11) is 4.64. The number of aliphatic hydroxyl groups excluding tert-OH is 1. The summed E-state index contributed by atoms with van der Waals surface area (Å²) in [6.45, 7) is 0. The van der Waals surface area contributed by atoms with Crippen LogP contribution in [-0.2, 0) is 18.3 Å². The van der Waals surface area contributed by atoms with Crippen molar-refractivity contribution in [2.24, 2.45) is 12.0 Å². The summed E-state index contributed by atoms with van der Waals surface area (Å²) < 4.78 is 6.85. The molecule has 0 saturated carbocycles. The molecule has 33 heavy (non-hydrogen) atoms. The second-order valence-corrected chi connectivity index (χ2v) is 7.58. The number of phenols is 1. The molecule has 0 spiro atoms. The molecule has 3 aromatic rings. The Morgan fingerprint density at radius 2 is 1.76 bits per heavy atom. The van der Waals surface area contributed by atoms with Crippen molar-refractivity contribution in [2.45, 2.75) is 12.5 Å². The monoisotopic (exact) mass is 449 g/mol. The summed E-state index contributed by atoms with van der Waals surface area (Å²) in [6.07, 6.45) is -0.683. The van der Waals surface area contributed by atoms with Gasteiger partial charge in [0.1, 0.15) is 17.6 Å². The Kier molecular flexibility index (Phi) is 5.84. The first-order valence-electron chi connectivity index (χ1n) is 10.1. The highest BCUT2D eigenvalue weighted by Crippen LogP contribution is 2.30. The number of methoxy groups -OCH3 is 1. The Bertz CT molecular complexity index is 1230. The number of carbonyl (C=O) groups excluding carboxylic acids is 2. The molecule has 0 aliphatic carbocycles. The summed E-state index contributed by atoms with van der Waals surface area (Å²) in [5.74, 6) is 0.250. The Hall–Kier alpha value is -4.18. The normalized spacial score (nSPS) is 15.8. The zero-order chi connectivity index (χ0) is 23.7. The zero-order valence-corrected chi connectivity index (χ0v) is 18.3. The van der Waals surface area contributed by atoms with Crippen LogP contribution in [0.15, 0.2) is 53.5 Å². The van der Waals surface area contributed by atoms with Gasteiger partial charge in [0.2, 0.25) is 11.8 Å². The topological polar surface area (TPSA) is 129 Å². The van der Waals surface area contributed by atoms with Crippen molar-refractivity contribution in [2.75, 3.05) is 14.2 Å². The van der Waals surface area contributed by atoms with E-state index in [0.717, 1.165) is 10.5 Å². The Morgan fingerprint density at radius 1 is 1.09 bits per heavy atom. The lowest BCUT2D eigenvalue weighted by Gasteiger charge is -2.13. The van der Waals surface area contributed by atoms with Crippen LogP contribution in [0.3, 0.4) is 0 Å². The fraction of sp³-hybridized carbons (Fsp3) is 0.217. The molecule has 10 nitrogen and oxygen atoms in total. The summed E-state index contributed by atoms with van der Waals surface area (Å²) in [5, 5.41) is 23.1. The number of hydrogen-bond acceptors (Lipinski definition) is 7. The van der Waals surface area contributed by atoms with Crippen molar-refractivity contribution in [1.82, 2.24) is 19.8 Å². The van der Waals surface area contributed by atoms with Crippen LogP contribution in [0.4, 0.5) is 10.7 Å². The Labute approximate surface area is 189 Å². The molecule has 1 atom stereocenters. The molecule has 0 unspecified atom stereocenters. The van der Waals surface area contributed by atoms with Gasteiger partial charge in [-0.25, -0.2) is 9.78 Å². The number of likely N-dealkylation sites (N-methyl/N-ethyl adjacent to an activating group) is 1. The summed E-state index contributed by atoms with van der Waals surface area (Å²) in [4.78, 5) is 33.7. The number of aromatic hydroxyl groups is 1. The number of aliphatic imine (C=N–C) groups is 1. The van der Waals surface area contributed by atoms with E-state index < -0.39 is 18.0 Å². The number of imidazole rings is 1. The maximum Gasteiger partial charge on any atom is 0.329 e. The quantitative estimate of drug-likeness (QED) is 0.494. The standard InChI is InChI=1S/C23H23N5O5/c1-27-17(12-13-4-8-15(29)9-5-13)18(19(30)14-6-10-16(33-3)11-7-14)24-22(27)25-20-21(31)28(2)23(32)26-20/h4-11,19,29-30H,12H2,1-3H3,(H,24,25,26,32)/t19-/m0/s1. The number of aliphatic hydroxyl groups is 1. The lowest BCUT2D eigenvalue weighted by molar-refractivity contribution is -0.119. The summed E-state index contributed by atoms with van der Waals surface area (Å²) >= 11 is 0. The average molecular weight is 449 g/mol. The average Bonchev–Trinajstić information content (AvgIpc) is 3.25. The molecule has 0 bridgehead atoms. The van der Waals surface area contributed by atoms with Gasteiger partial charge in [-0.05, 0) is 35.4 Å². The molecule has 3 N–H and O–H groups in total. The van der Waals surface area contributed by atoms with Gasteiger partial charge in [0, 0.05) is 26.2 Å². The second-order valence-electron chi connectivity index (χ2n) is 7.58. The van der Waals surface area contributed by atoms with Gasteiger partial charge >= 0.3 is 6.03 Å². The van der Waals surface area contributed by atoms with E-state index in [0.29, 0.717) is 29.1 Å². The number of phenolic OH excluding ortho intramolecular Hbond substituents is 1. The van der Waals surface area contributed by atoms with Gasteiger partial charge in [-0.2, -0.15) is 4.99 Å². The van der Waals surface area contributed by atoms with Crippen LogP contribution in [0.1, 0.15) is 28.6 Å². The minimum atomic E-state index is -1.07. The number of amidine groups is 1. The highest BCUT2D eigenvalue weighted by Gasteiger charge is 2.33. The molecule has 10 heteroatoms. The number of benzene rings is 2. The lowest BCUT2D eigenvalue weighted by atomic mass is 10.0. The van der Waals surface area contributed by atoms with E-state index >= 15 is 0 Å². The number of nitrogens with zero attached hydrogens (tertiary/aromatic N) is 4. The molecule has 0 radical (unpaired) electrons. The molecule has 2 aromatic carbocycles. The van der Waals surface area contributed by atoms with E-state index in [-0.39, 0.29) is 17.5 Å². The summed E-state index contributed by atoms with van der Waals surface area (Å²) in [5.41, 5.74) is 2.50. The smallest absolute Gasteiger partial charge is 0.329 e. The fourth-order valence-corrected chi connectivity index (χ4v) is 3.48. The van der Waals surface area contributed by atoms with Crippen molar-refractivity contribution >= 4 is 23.7 Å². The number of aromatic nitrogens is 2. The van der Waals surface area contributed by atoms with Crippen molar-refractivity contribution in [3.05, 3.63) is 71.0 Å². The molecule has 2 heterocycles. The van der Waals surface area contributed by atoms with E-state index in [1.54, 1.807) is 67.3 Å². The highest BCUT2D eigenvalue weighted by atomic mass is 16.5. The van der Waals surface area contributed by atoms with E-state index in [1.165, 1.54) is 7.05 Å². The maximum atomic E-state index is 12.3. The number of carbonyl (C=O) groups is 2. The molecular formula is C23H23N5O5. The first-order valence-corrected chi connectivity index (χ1v) is 10.1. The third-order valence-electron chi connectivity index (χ3n) is 5.47. The molecule has 4 rings (SSSR count). The highest BCUT2D eigenvalue weighted by molar-refractivity contribution is 6.47. The third kappa shape index (κ3) is 4.28. The van der Waals surface area contributed by atoms with Gasteiger partial charge in [0.15, 0.2) is 0 Å². The molecule has 1 saturated heterocycles. The van der Waals surface area contributed by atoms with Gasteiger partial charge in [0.25, 0.3) is 5.91 Å². The predicted molar refractivity (Wildman–Crippen MR) is 120 cm³/mol. The van der Waals surface area contributed by atoms with Crippen LogP contribution in [0.2, 0.25) is 0 Å². The van der Waals surface area contributed by atoms with Gasteiger partial charge in [-0.3, -0.25) is 15.0 Å². The van der Waals surface area contributed by atoms with Gasteiger partial charge in [-0.15, -0.1) is 0 Å². The molecule has 1 aliphatic rings. The third-order valence-corrected chi connectivity index (χ3v) is 5.47. The van der Waals surface area contributed by atoms with E-state index in [9.17, 15) is 19.8 Å². The van der Waals surface area contributed by atoms with E-state index in [1.807, 2.05) is 0 Å². The number of urea groups is 1. The summed E-state index contributed by atoms with van der Waals surface area (Å²) in [6, 6.07) is 13.1. The molecule has 3 amide bonds. The van der Waals surface area contributed by atoms with Gasteiger partial charge in [-0.1, -0.05) is 24.3 Å². The van der Waals surface area contributed by atoms with Crippen molar-refractivity contribution in [3.63, 3.8) is 0 Å². The Balaban J connectivity index is 1.77. The maximum absolute atomic E-state index is 12.3. The number of hydrogen-bond donors (Lipinski definition) is 3. The van der Waals surface area contributed by atoms with Crippen LogP contribution < -0.4 is 10.1 Å². The fourth-order valence-electron chi connectivity index (χ4n) is 3.48. The minimum Gasteiger partial charge on any atom is -0.508 e. The largest absolute Gasteiger partial charge is 0.508 e. The van der Waals surface area contributed by atoms with E-state index in [2.05, 4.69) is 15.3 Å². The van der Waals surface area contributed by atoms with Crippen LogP contribution in [0, 0.1) is 0 Å². The van der Waals surface area contributed by atoms with Crippen LogP contribution in [-0.4, -0.2) is 56.6 Å². The first-order chi connectivity index (χ1) is 15.8. The number of rotatable bonds is 6. The van der Waals surface area contributed by atoms with Crippen LogP contribution in [0.25, 0.3) is 0 Å².